The first-order chi connectivity index (χ1) is 6.88. The molecule has 2 aromatic carbocycles. The van der Waals surface area contributed by atoms with E-state index in [1.165, 1.54) is 0 Å². The summed E-state index contributed by atoms with van der Waals surface area (Å²) in [4.78, 5) is 0. The third kappa shape index (κ3) is 2.98. The van der Waals surface area contributed by atoms with E-state index >= 15 is 0 Å². The molecule has 78 valence electrons. The molecule has 0 spiro atoms. The van der Waals surface area contributed by atoms with Crippen LogP contribution in [-0.2, 0) is 0 Å². The number of halogens is 2. The number of benzene rings is 2. The van der Waals surface area contributed by atoms with Crippen LogP contribution in [0.4, 0.5) is 11.4 Å². The summed E-state index contributed by atoms with van der Waals surface area (Å²) in [5.41, 5.74) is 2.25. The smallest absolute Gasteiger partial charge is 0.0551 e. The van der Waals surface area contributed by atoms with Crippen LogP contribution >= 0.6 is 28.6 Å². The molecule has 0 aliphatic carbocycles. The maximum absolute atomic E-state index is 3.53. The monoisotopic (exact) mass is 283 g/mol. The molecule has 0 radical (unpaired) electrons. The largest absolute Gasteiger partial charge is 0.277 e. The number of rotatable bonds is 2. The molecular formula is C12H11BrClN. The lowest BCUT2D eigenvalue weighted by molar-refractivity contribution is 1.45. The highest BCUT2D eigenvalue weighted by Gasteiger charge is 2.02. The third-order valence-electron chi connectivity index (χ3n) is 1.97. The van der Waals surface area contributed by atoms with Gasteiger partial charge in [-0.05, 0) is 24.3 Å². The Morgan fingerprint density at radius 1 is 0.667 bits per heavy atom. The minimum absolute atomic E-state index is 0. The third-order valence-corrected chi connectivity index (χ3v) is 2.78. The molecule has 0 fully saturated rings. The first kappa shape index (κ1) is 12.1. The Kier molecular flexibility index (Phi) is 4.66. The van der Waals surface area contributed by atoms with E-state index in [1.54, 1.807) is 0 Å². The number of hydrogen-bond donors (Lipinski definition) is 0. The van der Waals surface area contributed by atoms with Crippen molar-refractivity contribution in [3.63, 3.8) is 0 Å². The van der Waals surface area contributed by atoms with Gasteiger partial charge in [0.05, 0.1) is 27.5 Å². The molecule has 3 heteroatoms. The van der Waals surface area contributed by atoms with Crippen LogP contribution < -0.4 is 3.93 Å². The number of anilines is 2. The van der Waals surface area contributed by atoms with Gasteiger partial charge >= 0.3 is 0 Å². The van der Waals surface area contributed by atoms with Crippen LogP contribution in [0.1, 0.15) is 0 Å². The zero-order valence-electron chi connectivity index (χ0n) is 8.01. The van der Waals surface area contributed by atoms with Crippen molar-refractivity contribution in [1.82, 2.24) is 0 Å². The molecule has 0 amide bonds. The summed E-state index contributed by atoms with van der Waals surface area (Å²) in [5.74, 6) is 0. The van der Waals surface area contributed by atoms with Crippen molar-refractivity contribution in [2.24, 2.45) is 0 Å². The van der Waals surface area contributed by atoms with Crippen LogP contribution in [-0.4, -0.2) is 0 Å². The minimum atomic E-state index is 0. The number of hydrogen-bond acceptors (Lipinski definition) is 1. The molecule has 0 aliphatic heterocycles. The van der Waals surface area contributed by atoms with Crippen molar-refractivity contribution < 1.29 is 0 Å². The van der Waals surface area contributed by atoms with Crippen LogP contribution in [0.5, 0.6) is 0 Å². The van der Waals surface area contributed by atoms with E-state index in [0.29, 0.717) is 0 Å². The zero-order valence-corrected chi connectivity index (χ0v) is 10.4. The Morgan fingerprint density at radius 3 is 1.33 bits per heavy atom. The van der Waals surface area contributed by atoms with Crippen LogP contribution in [0.2, 0.25) is 0 Å². The summed E-state index contributed by atoms with van der Waals surface area (Å²) < 4.78 is 1.98. The SMILES string of the molecule is BrN(c1ccccc1)c1ccccc1.Cl. The predicted octanol–water partition coefficient (Wildman–Crippen LogP) is 4.56. The molecule has 0 aromatic heterocycles. The van der Waals surface area contributed by atoms with Crippen molar-refractivity contribution in [2.75, 3.05) is 3.93 Å². The zero-order chi connectivity index (χ0) is 9.80. The molecule has 2 aromatic rings. The topological polar surface area (TPSA) is 3.24 Å². The summed E-state index contributed by atoms with van der Waals surface area (Å²) in [7, 11) is 0. The lowest BCUT2D eigenvalue weighted by Crippen LogP contribution is -1.99. The Bertz CT molecular complexity index is 351. The number of para-hydroxylation sites is 2. The average Bonchev–Trinajstić information content (AvgIpc) is 2.30. The van der Waals surface area contributed by atoms with Gasteiger partial charge in [0, 0.05) is 0 Å². The van der Waals surface area contributed by atoms with Gasteiger partial charge in [0.25, 0.3) is 0 Å². The molecule has 0 unspecified atom stereocenters. The standard InChI is InChI=1S/C12H10BrN.ClH/c13-14(11-7-3-1-4-8-11)12-9-5-2-6-10-12;/h1-10H;1H. The first-order valence-corrected chi connectivity index (χ1v) is 5.15. The fourth-order valence-corrected chi connectivity index (χ4v) is 1.74. The molecule has 0 saturated heterocycles. The summed E-state index contributed by atoms with van der Waals surface area (Å²) >= 11 is 3.53. The molecule has 0 saturated carbocycles. The molecule has 15 heavy (non-hydrogen) atoms. The van der Waals surface area contributed by atoms with Crippen LogP contribution in [0, 0.1) is 0 Å². The Hall–Kier alpha value is -0.990. The molecule has 0 N–H and O–H groups in total. The second-order valence-corrected chi connectivity index (χ2v) is 3.66. The van der Waals surface area contributed by atoms with E-state index in [0.717, 1.165) is 11.4 Å². The van der Waals surface area contributed by atoms with Gasteiger partial charge in [0.2, 0.25) is 0 Å². The maximum Gasteiger partial charge on any atom is 0.0551 e. The normalized spacial score (nSPS) is 9.13. The molecule has 2 rings (SSSR count). The quantitative estimate of drug-likeness (QED) is 0.731. The van der Waals surface area contributed by atoms with Gasteiger partial charge in [-0.2, -0.15) is 0 Å². The lowest BCUT2D eigenvalue weighted by atomic mass is 10.3. The van der Waals surface area contributed by atoms with E-state index in [9.17, 15) is 0 Å². The fraction of sp³-hybridized carbons (Fsp3) is 0. The molecular weight excluding hydrogens is 273 g/mol. The van der Waals surface area contributed by atoms with E-state index in [1.807, 2.05) is 40.3 Å². The summed E-state index contributed by atoms with van der Waals surface area (Å²) in [6.07, 6.45) is 0. The van der Waals surface area contributed by atoms with Gasteiger partial charge in [-0.15, -0.1) is 12.4 Å². The van der Waals surface area contributed by atoms with E-state index in [-0.39, 0.29) is 12.4 Å². The van der Waals surface area contributed by atoms with Gasteiger partial charge in [-0.25, -0.2) is 0 Å². The lowest BCUT2D eigenvalue weighted by Gasteiger charge is -2.15. The van der Waals surface area contributed by atoms with Crippen molar-refractivity contribution in [1.29, 1.82) is 0 Å². The second-order valence-electron chi connectivity index (χ2n) is 2.95. The highest BCUT2D eigenvalue weighted by atomic mass is 79.9. The first-order valence-electron chi connectivity index (χ1n) is 4.44. The predicted molar refractivity (Wildman–Crippen MR) is 71.2 cm³/mol. The van der Waals surface area contributed by atoms with Gasteiger partial charge < -0.3 is 0 Å². The fourth-order valence-electron chi connectivity index (χ4n) is 1.27. The van der Waals surface area contributed by atoms with Crippen molar-refractivity contribution in [3.05, 3.63) is 60.7 Å². The van der Waals surface area contributed by atoms with Gasteiger partial charge in [0.15, 0.2) is 0 Å². The molecule has 0 atom stereocenters. The van der Waals surface area contributed by atoms with Gasteiger partial charge in [0.1, 0.15) is 0 Å². The maximum atomic E-state index is 3.53. The van der Waals surface area contributed by atoms with Crippen LogP contribution in [0.3, 0.4) is 0 Å². The Morgan fingerprint density at radius 2 is 1.00 bits per heavy atom. The van der Waals surface area contributed by atoms with Gasteiger partial charge in [-0.1, -0.05) is 36.4 Å². The van der Waals surface area contributed by atoms with Crippen LogP contribution in [0.25, 0.3) is 0 Å². The number of nitrogens with zero attached hydrogens (tertiary/aromatic N) is 1. The van der Waals surface area contributed by atoms with E-state index in [2.05, 4.69) is 40.4 Å². The highest BCUT2D eigenvalue weighted by molar-refractivity contribution is 9.10. The Labute approximate surface area is 104 Å². The van der Waals surface area contributed by atoms with E-state index < -0.39 is 0 Å². The van der Waals surface area contributed by atoms with Gasteiger partial charge in [-0.3, -0.25) is 3.93 Å². The Balaban J connectivity index is 0.00000112. The van der Waals surface area contributed by atoms with Crippen LogP contribution in [0.15, 0.2) is 60.7 Å². The van der Waals surface area contributed by atoms with Crippen molar-refractivity contribution in [2.45, 2.75) is 0 Å². The summed E-state index contributed by atoms with van der Waals surface area (Å²) in [6.45, 7) is 0. The van der Waals surface area contributed by atoms with E-state index in [4.69, 9.17) is 0 Å². The summed E-state index contributed by atoms with van der Waals surface area (Å²) in [5, 5.41) is 0. The second kappa shape index (κ2) is 5.79. The molecule has 0 heterocycles. The minimum Gasteiger partial charge on any atom is -0.277 e. The summed E-state index contributed by atoms with van der Waals surface area (Å²) in [6, 6.07) is 20.3. The van der Waals surface area contributed by atoms with Crippen molar-refractivity contribution in [3.8, 4) is 0 Å². The van der Waals surface area contributed by atoms with Crippen molar-refractivity contribution >= 4 is 39.9 Å². The molecule has 0 bridgehead atoms. The molecule has 0 aliphatic rings. The highest BCUT2D eigenvalue weighted by Crippen LogP contribution is 2.27. The average molecular weight is 285 g/mol. The molecule has 1 nitrogen and oxygen atoms in total.